The van der Waals surface area contributed by atoms with Crippen molar-refractivity contribution in [3.8, 4) is 5.75 Å². The van der Waals surface area contributed by atoms with Gasteiger partial charge in [0.15, 0.2) is 0 Å². The molecule has 0 saturated heterocycles. The van der Waals surface area contributed by atoms with Crippen LogP contribution in [-0.4, -0.2) is 19.1 Å². The van der Waals surface area contributed by atoms with E-state index in [1.807, 2.05) is 35.7 Å². The van der Waals surface area contributed by atoms with E-state index in [4.69, 9.17) is 10.5 Å². The molecular formula is C15H16N2O2S. The molecule has 4 nitrogen and oxygen atoms in total. The largest absolute Gasteiger partial charge is 0.492 e. The molecule has 0 spiro atoms. The molecule has 0 bridgehead atoms. The van der Waals surface area contributed by atoms with E-state index >= 15 is 0 Å². The highest BCUT2D eigenvalue weighted by Crippen LogP contribution is 2.17. The zero-order chi connectivity index (χ0) is 14.2. The number of nitrogens with two attached hydrogens (primary N) is 1. The van der Waals surface area contributed by atoms with Gasteiger partial charge in [-0.05, 0) is 29.7 Å². The van der Waals surface area contributed by atoms with Gasteiger partial charge in [-0.2, -0.15) is 0 Å². The summed E-state index contributed by atoms with van der Waals surface area (Å²) in [5.74, 6) is 0.518. The van der Waals surface area contributed by atoms with Crippen LogP contribution in [0.4, 0.5) is 5.69 Å². The Balaban J connectivity index is 1.93. The maximum Gasteiger partial charge on any atom is 0.248 e. The molecule has 104 valence electrons. The van der Waals surface area contributed by atoms with Gasteiger partial charge in [-0.3, -0.25) is 4.79 Å². The van der Waals surface area contributed by atoms with Gasteiger partial charge in [0, 0.05) is 29.3 Å². The number of nitrogens with one attached hydrogen (secondary N) is 1. The Morgan fingerprint density at radius 3 is 3.00 bits per heavy atom. The van der Waals surface area contributed by atoms with Crippen molar-refractivity contribution in [3.05, 3.63) is 52.7 Å². The maximum atomic E-state index is 11.8. The maximum absolute atomic E-state index is 11.8. The summed E-state index contributed by atoms with van der Waals surface area (Å²) in [5.41, 5.74) is 6.07. The molecule has 1 heterocycles. The first-order chi connectivity index (χ1) is 9.78. The number of ether oxygens (including phenoxy) is 1. The second kappa shape index (κ2) is 7.47. The second-order valence-electron chi connectivity index (χ2n) is 4.00. The van der Waals surface area contributed by atoms with E-state index in [-0.39, 0.29) is 5.91 Å². The molecule has 0 aliphatic heterocycles. The minimum atomic E-state index is -0.172. The lowest BCUT2D eigenvalue weighted by Crippen LogP contribution is -2.11. The van der Waals surface area contributed by atoms with Crippen LogP contribution in [0.15, 0.2) is 47.9 Å². The molecule has 1 aromatic heterocycles. The highest BCUT2D eigenvalue weighted by Gasteiger charge is 2.00. The molecule has 1 aromatic carbocycles. The van der Waals surface area contributed by atoms with Crippen LogP contribution in [0.1, 0.15) is 4.88 Å². The van der Waals surface area contributed by atoms with Crippen LogP contribution >= 0.6 is 11.3 Å². The third-order valence-corrected chi connectivity index (χ3v) is 3.27. The summed E-state index contributed by atoms with van der Waals surface area (Å²) < 4.78 is 5.40. The minimum Gasteiger partial charge on any atom is -0.492 e. The molecule has 3 N–H and O–H groups in total. The normalized spacial score (nSPS) is 10.7. The van der Waals surface area contributed by atoms with Gasteiger partial charge in [-0.25, -0.2) is 0 Å². The van der Waals surface area contributed by atoms with E-state index in [0.717, 1.165) is 4.88 Å². The van der Waals surface area contributed by atoms with E-state index in [2.05, 4.69) is 5.32 Å². The average molecular weight is 288 g/mol. The molecule has 0 radical (unpaired) electrons. The smallest absolute Gasteiger partial charge is 0.248 e. The predicted octanol–water partition coefficient (Wildman–Crippen LogP) is 2.74. The van der Waals surface area contributed by atoms with Crippen molar-refractivity contribution in [2.75, 3.05) is 18.5 Å². The van der Waals surface area contributed by atoms with E-state index in [1.165, 1.54) is 6.08 Å². The summed E-state index contributed by atoms with van der Waals surface area (Å²) in [6.45, 7) is 0.913. The summed E-state index contributed by atoms with van der Waals surface area (Å²) in [4.78, 5) is 12.8. The SMILES string of the molecule is NCCOc1cccc(NC(=O)C=Cc2cccs2)c1. The standard InChI is InChI=1S/C15H16N2O2S/c16-8-9-19-13-4-1-3-12(11-13)17-15(18)7-6-14-5-2-10-20-14/h1-7,10-11H,8-9,16H2,(H,17,18). The molecule has 0 fully saturated rings. The summed E-state index contributed by atoms with van der Waals surface area (Å²) >= 11 is 1.58. The molecule has 2 rings (SSSR count). The lowest BCUT2D eigenvalue weighted by Gasteiger charge is -2.07. The highest BCUT2D eigenvalue weighted by molar-refractivity contribution is 7.10. The van der Waals surface area contributed by atoms with E-state index in [9.17, 15) is 4.79 Å². The lowest BCUT2D eigenvalue weighted by atomic mass is 10.3. The number of thiophene rings is 1. The third kappa shape index (κ3) is 4.53. The number of anilines is 1. The van der Waals surface area contributed by atoms with Crippen LogP contribution in [0.3, 0.4) is 0 Å². The number of hydrogen-bond donors (Lipinski definition) is 2. The van der Waals surface area contributed by atoms with Gasteiger partial charge in [-0.15, -0.1) is 11.3 Å². The van der Waals surface area contributed by atoms with Crippen molar-refractivity contribution >= 4 is 29.0 Å². The van der Waals surface area contributed by atoms with Gasteiger partial charge < -0.3 is 15.8 Å². The molecular weight excluding hydrogens is 272 g/mol. The summed E-state index contributed by atoms with van der Waals surface area (Å²) in [7, 11) is 0. The minimum absolute atomic E-state index is 0.172. The van der Waals surface area contributed by atoms with Crippen molar-refractivity contribution in [1.29, 1.82) is 0 Å². The van der Waals surface area contributed by atoms with Crippen molar-refractivity contribution in [1.82, 2.24) is 0 Å². The van der Waals surface area contributed by atoms with Gasteiger partial charge in [0.25, 0.3) is 0 Å². The second-order valence-corrected chi connectivity index (χ2v) is 4.98. The Bertz CT molecular complexity index is 579. The molecule has 20 heavy (non-hydrogen) atoms. The number of amides is 1. The summed E-state index contributed by atoms with van der Waals surface area (Å²) in [6.07, 6.45) is 3.30. The Morgan fingerprint density at radius 1 is 1.35 bits per heavy atom. The van der Waals surface area contributed by atoms with E-state index in [1.54, 1.807) is 23.5 Å². The fraction of sp³-hybridized carbons (Fsp3) is 0.133. The first-order valence-electron chi connectivity index (χ1n) is 6.23. The highest BCUT2D eigenvalue weighted by atomic mass is 32.1. The molecule has 0 unspecified atom stereocenters. The molecule has 0 aliphatic rings. The van der Waals surface area contributed by atoms with E-state index in [0.29, 0.717) is 24.6 Å². The van der Waals surface area contributed by atoms with E-state index < -0.39 is 0 Å². The average Bonchev–Trinajstić information content (AvgIpc) is 2.97. The summed E-state index contributed by atoms with van der Waals surface area (Å²) in [6, 6.07) is 11.1. The van der Waals surface area contributed by atoms with Crippen molar-refractivity contribution < 1.29 is 9.53 Å². The van der Waals surface area contributed by atoms with Crippen molar-refractivity contribution in [2.24, 2.45) is 5.73 Å². The Morgan fingerprint density at radius 2 is 2.25 bits per heavy atom. The van der Waals surface area contributed by atoms with Gasteiger partial charge in [0.05, 0.1) is 0 Å². The molecule has 0 aliphatic carbocycles. The first-order valence-corrected chi connectivity index (χ1v) is 7.11. The number of rotatable bonds is 6. The fourth-order valence-corrected chi connectivity index (χ4v) is 2.19. The predicted molar refractivity (Wildman–Crippen MR) is 83.0 cm³/mol. The Hall–Kier alpha value is -2.11. The fourth-order valence-electron chi connectivity index (χ4n) is 1.57. The number of carbonyl (C=O) groups is 1. The first kappa shape index (κ1) is 14.3. The van der Waals surface area contributed by atoms with Crippen LogP contribution in [0.25, 0.3) is 6.08 Å². The Labute approximate surface area is 121 Å². The zero-order valence-electron chi connectivity index (χ0n) is 10.9. The quantitative estimate of drug-likeness (QED) is 0.803. The lowest BCUT2D eigenvalue weighted by molar-refractivity contribution is -0.111. The van der Waals surface area contributed by atoms with Gasteiger partial charge >= 0.3 is 0 Å². The van der Waals surface area contributed by atoms with Crippen LogP contribution in [0.2, 0.25) is 0 Å². The summed E-state index contributed by atoms with van der Waals surface area (Å²) in [5, 5.41) is 4.76. The topological polar surface area (TPSA) is 64.3 Å². The number of benzene rings is 1. The van der Waals surface area contributed by atoms with Crippen LogP contribution < -0.4 is 15.8 Å². The van der Waals surface area contributed by atoms with Crippen LogP contribution in [-0.2, 0) is 4.79 Å². The molecule has 2 aromatic rings. The molecule has 5 heteroatoms. The monoisotopic (exact) mass is 288 g/mol. The van der Waals surface area contributed by atoms with Gasteiger partial charge in [0.2, 0.25) is 5.91 Å². The molecule has 0 saturated carbocycles. The number of carbonyl (C=O) groups excluding carboxylic acids is 1. The molecule has 1 amide bonds. The van der Waals surface area contributed by atoms with Crippen molar-refractivity contribution in [3.63, 3.8) is 0 Å². The third-order valence-electron chi connectivity index (χ3n) is 2.43. The van der Waals surface area contributed by atoms with Gasteiger partial charge in [-0.1, -0.05) is 12.1 Å². The Kier molecular flexibility index (Phi) is 5.34. The molecule has 0 atom stereocenters. The van der Waals surface area contributed by atoms with Crippen LogP contribution in [0, 0.1) is 0 Å². The van der Waals surface area contributed by atoms with Gasteiger partial charge in [0.1, 0.15) is 12.4 Å². The zero-order valence-corrected chi connectivity index (χ0v) is 11.7. The van der Waals surface area contributed by atoms with Crippen molar-refractivity contribution in [2.45, 2.75) is 0 Å². The number of hydrogen-bond acceptors (Lipinski definition) is 4. The van der Waals surface area contributed by atoms with Crippen LogP contribution in [0.5, 0.6) is 5.75 Å².